The molecule has 0 radical (unpaired) electrons. The minimum Gasteiger partial charge on any atom is -0.490 e. The van der Waals surface area contributed by atoms with Crippen molar-refractivity contribution >= 4 is 27.2 Å². The van der Waals surface area contributed by atoms with Crippen molar-refractivity contribution in [3.63, 3.8) is 0 Å². The Kier molecular flexibility index (Phi) is 5.76. The normalized spacial score (nSPS) is 13.2. The van der Waals surface area contributed by atoms with E-state index in [1.54, 1.807) is 60.4 Å². The van der Waals surface area contributed by atoms with E-state index < -0.39 is 10.0 Å². The van der Waals surface area contributed by atoms with Crippen LogP contribution < -0.4 is 19.5 Å². The smallest absolute Gasteiger partial charge is 0.262 e. The Balaban J connectivity index is 1.31. The van der Waals surface area contributed by atoms with Gasteiger partial charge in [-0.1, -0.05) is 0 Å². The third-order valence-corrected chi connectivity index (χ3v) is 6.38. The number of benzene rings is 2. The number of ether oxygens (including phenoxy) is 2. The van der Waals surface area contributed by atoms with Gasteiger partial charge in [-0.15, -0.1) is 0 Å². The maximum atomic E-state index is 12.9. The number of rotatable bonds is 6. The summed E-state index contributed by atoms with van der Waals surface area (Å²) in [7, 11) is -3.80. The van der Waals surface area contributed by atoms with Crippen LogP contribution in [-0.2, 0) is 10.0 Å². The summed E-state index contributed by atoms with van der Waals surface area (Å²) in [6, 6.07) is 15.1. The van der Waals surface area contributed by atoms with Crippen LogP contribution in [0, 0.1) is 6.92 Å². The van der Waals surface area contributed by atoms with E-state index in [2.05, 4.69) is 25.1 Å². The molecule has 34 heavy (non-hydrogen) atoms. The van der Waals surface area contributed by atoms with Gasteiger partial charge in [-0.05, 0) is 49.4 Å². The Morgan fingerprint density at radius 3 is 2.47 bits per heavy atom. The van der Waals surface area contributed by atoms with E-state index >= 15 is 0 Å². The molecule has 0 aliphatic carbocycles. The molecule has 174 valence electrons. The molecule has 0 unspecified atom stereocenters. The first-order chi connectivity index (χ1) is 16.5. The van der Waals surface area contributed by atoms with Crippen LogP contribution in [0.4, 0.5) is 17.2 Å². The third kappa shape index (κ3) is 4.79. The average molecular weight is 479 g/mol. The maximum absolute atomic E-state index is 12.9. The van der Waals surface area contributed by atoms with Crippen LogP contribution in [0.1, 0.15) is 12.2 Å². The number of anilines is 3. The molecule has 0 amide bonds. The molecule has 5 rings (SSSR count). The third-order valence-electron chi connectivity index (χ3n) is 5.00. The van der Waals surface area contributed by atoms with Gasteiger partial charge < -0.3 is 14.8 Å². The van der Waals surface area contributed by atoms with E-state index in [0.717, 1.165) is 12.1 Å². The average Bonchev–Trinajstić information content (AvgIpc) is 3.25. The maximum Gasteiger partial charge on any atom is 0.262 e. The number of nitrogens with zero attached hydrogens (tertiary/aromatic N) is 4. The molecule has 0 atom stereocenters. The second-order valence-electron chi connectivity index (χ2n) is 7.58. The van der Waals surface area contributed by atoms with Crippen LogP contribution in [0.25, 0.3) is 5.82 Å². The number of sulfonamides is 1. The topological polar surface area (TPSA) is 120 Å². The predicted octanol–water partition coefficient (Wildman–Crippen LogP) is 3.68. The SMILES string of the molecule is Cc1nc(Nc2ccc(NS(=O)(=O)c3ccc4c(c3)OCCCO4)cc2)cc(-n2cccn2)n1. The number of fused-ring (bicyclic) bond motifs is 1. The van der Waals surface area contributed by atoms with Gasteiger partial charge in [0.2, 0.25) is 0 Å². The van der Waals surface area contributed by atoms with Crippen molar-refractivity contribution in [2.45, 2.75) is 18.2 Å². The summed E-state index contributed by atoms with van der Waals surface area (Å²) in [5.41, 5.74) is 1.16. The molecule has 2 aromatic carbocycles. The molecule has 0 spiro atoms. The van der Waals surface area contributed by atoms with Crippen molar-refractivity contribution in [3.05, 3.63) is 72.8 Å². The Hall–Kier alpha value is -4.12. The highest BCUT2D eigenvalue weighted by molar-refractivity contribution is 7.92. The van der Waals surface area contributed by atoms with E-state index in [1.165, 1.54) is 12.1 Å². The van der Waals surface area contributed by atoms with Crippen LogP contribution in [0.15, 0.2) is 71.9 Å². The molecular formula is C23H22N6O4S. The van der Waals surface area contributed by atoms with Gasteiger partial charge in [-0.2, -0.15) is 5.10 Å². The number of hydrogen-bond donors (Lipinski definition) is 2. The van der Waals surface area contributed by atoms with Gasteiger partial charge in [0.1, 0.15) is 11.6 Å². The molecule has 10 nitrogen and oxygen atoms in total. The summed E-state index contributed by atoms with van der Waals surface area (Å²) in [5, 5.41) is 7.40. The Morgan fingerprint density at radius 2 is 1.71 bits per heavy atom. The van der Waals surface area contributed by atoms with E-state index in [9.17, 15) is 8.42 Å². The number of aryl methyl sites for hydroxylation is 1. The second-order valence-corrected chi connectivity index (χ2v) is 9.26. The quantitative estimate of drug-likeness (QED) is 0.431. The lowest BCUT2D eigenvalue weighted by atomic mass is 10.3. The number of nitrogens with one attached hydrogen (secondary N) is 2. The summed E-state index contributed by atoms with van der Waals surface area (Å²) >= 11 is 0. The van der Waals surface area contributed by atoms with E-state index in [4.69, 9.17) is 9.47 Å². The lowest BCUT2D eigenvalue weighted by molar-refractivity contribution is 0.297. The van der Waals surface area contributed by atoms with E-state index in [-0.39, 0.29) is 4.90 Å². The fraction of sp³-hybridized carbons (Fsp3) is 0.174. The van der Waals surface area contributed by atoms with Gasteiger partial charge in [0.15, 0.2) is 17.3 Å². The summed E-state index contributed by atoms with van der Waals surface area (Å²) < 4.78 is 41.2. The second kappa shape index (κ2) is 9.02. The zero-order valence-corrected chi connectivity index (χ0v) is 19.1. The van der Waals surface area contributed by atoms with Gasteiger partial charge in [-0.3, -0.25) is 4.72 Å². The lowest BCUT2D eigenvalue weighted by Gasteiger charge is -2.12. The molecule has 1 aliphatic rings. The van der Waals surface area contributed by atoms with Gasteiger partial charge in [-0.25, -0.2) is 23.1 Å². The van der Waals surface area contributed by atoms with Gasteiger partial charge in [0.05, 0.1) is 18.1 Å². The van der Waals surface area contributed by atoms with Gasteiger partial charge >= 0.3 is 0 Å². The molecule has 0 saturated carbocycles. The highest BCUT2D eigenvalue weighted by Gasteiger charge is 2.19. The molecule has 3 heterocycles. The first-order valence-electron chi connectivity index (χ1n) is 10.6. The molecule has 2 aromatic heterocycles. The van der Waals surface area contributed by atoms with E-state index in [0.29, 0.717) is 47.9 Å². The van der Waals surface area contributed by atoms with Crippen molar-refractivity contribution in [2.75, 3.05) is 23.3 Å². The van der Waals surface area contributed by atoms with Crippen molar-refractivity contribution in [3.8, 4) is 17.3 Å². The predicted molar refractivity (Wildman–Crippen MR) is 126 cm³/mol. The molecule has 1 aliphatic heterocycles. The Bertz CT molecular complexity index is 1410. The molecule has 2 N–H and O–H groups in total. The molecule has 0 fully saturated rings. The summed E-state index contributed by atoms with van der Waals surface area (Å²) in [6.45, 7) is 2.82. The van der Waals surface area contributed by atoms with Gasteiger partial charge in [0, 0.05) is 42.3 Å². The Labute approximate surface area is 196 Å². The minimum absolute atomic E-state index is 0.0987. The van der Waals surface area contributed by atoms with Crippen LogP contribution in [0.2, 0.25) is 0 Å². The molecule has 0 saturated heterocycles. The first kappa shape index (κ1) is 21.7. The molecule has 4 aromatic rings. The number of aromatic nitrogens is 4. The van der Waals surface area contributed by atoms with Crippen molar-refractivity contribution in [1.82, 2.24) is 19.7 Å². The minimum atomic E-state index is -3.80. The summed E-state index contributed by atoms with van der Waals surface area (Å²) in [5.74, 6) is 2.80. The highest BCUT2D eigenvalue weighted by atomic mass is 32.2. The summed E-state index contributed by atoms with van der Waals surface area (Å²) in [4.78, 5) is 8.89. The molecular weight excluding hydrogens is 456 g/mol. The van der Waals surface area contributed by atoms with Crippen LogP contribution in [-0.4, -0.2) is 41.4 Å². The molecule has 11 heteroatoms. The van der Waals surface area contributed by atoms with Crippen LogP contribution in [0.3, 0.4) is 0 Å². The van der Waals surface area contributed by atoms with E-state index in [1.807, 2.05) is 6.07 Å². The number of hydrogen-bond acceptors (Lipinski definition) is 8. The van der Waals surface area contributed by atoms with Crippen LogP contribution >= 0.6 is 0 Å². The summed E-state index contributed by atoms with van der Waals surface area (Å²) in [6.07, 6.45) is 4.22. The Morgan fingerprint density at radius 1 is 0.941 bits per heavy atom. The largest absolute Gasteiger partial charge is 0.490 e. The highest BCUT2D eigenvalue weighted by Crippen LogP contribution is 2.32. The first-order valence-corrected chi connectivity index (χ1v) is 12.1. The van der Waals surface area contributed by atoms with Crippen molar-refractivity contribution < 1.29 is 17.9 Å². The standard InChI is InChI=1S/C23H22N6O4S/c1-16-25-22(15-23(26-16)29-11-2-10-24-29)27-17-4-6-18(7-5-17)28-34(30,31)19-8-9-20-21(14-19)33-13-3-12-32-20/h2,4-11,14-15,28H,3,12-13H2,1H3,(H,25,26,27). The fourth-order valence-corrected chi connectivity index (χ4v) is 4.51. The van der Waals surface area contributed by atoms with Crippen molar-refractivity contribution in [2.24, 2.45) is 0 Å². The lowest BCUT2D eigenvalue weighted by Crippen LogP contribution is -2.13. The van der Waals surface area contributed by atoms with Crippen LogP contribution in [0.5, 0.6) is 11.5 Å². The molecule has 0 bridgehead atoms. The van der Waals surface area contributed by atoms with Crippen molar-refractivity contribution in [1.29, 1.82) is 0 Å². The monoisotopic (exact) mass is 478 g/mol. The zero-order chi connectivity index (χ0) is 23.5. The fourth-order valence-electron chi connectivity index (χ4n) is 3.43. The zero-order valence-electron chi connectivity index (χ0n) is 18.3. The van der Waals surface area contributed by atoms with Gasteiger partial charge in [0.25, 0.3) is 10.0 Å².